The summed E-state index contributed by atoms with van der Waals surface area (Å²) in [7, 11) is -14.0. The van der Waals surface area contributed by atoms with Gasteiger partial charge in [-0.15, -0.1) is 0 Å². The lowest BCUT2D eigenvalue weighted by Gasteiger charge is -2.30. The van der Waals surface area contributed by atoms with Crippen molar-refractivity contribution in [2.24, 2.45) is 0 Å². The van der Waals surface area contributed by atoms with Gasteiger partial charge in [-0.05, 0) is 34.1 Å². The molecular weight excluding hydrogens is 478 g/mol. The van der Waals surface area contributed by atoms with Gasteiger partial charge in [-0.3, -0.25) is 4.55 Å². The summed E-state index contributed by atoms with van der Waals surface area (Å²) in [6, 6.07) is 3.49. The number of halogens is 6. The Kier molecular flexibility index (Phi) is 6.66. The highest BCUT2D eigenvalue weighted by atomic mass is 32.2. The second-order valence-corrected chi connectivity index (χ2v) is 11.9. The Hall–Kier alpha value is -1.54. The molecule has 0 aliphatic carbocycles. The fourth-order valence-corrected chi connectivity index (χ4v) is 3.59. The highest BCUT2D eigenvalue weighted by Gasteiger charge is 2.83. The van der Waals surface area contributed by atoms with Crippen LogP contribution in [0, 0.1) is 0 Å². The van der Waals surface area contributed by atoms with E-state index in [0.29, 0.717) is 11.1 Å². The molecule has 0 radical (unpaired) electrons. The number of rotatable bonds is 6. The lowest BCUT2D eigenvalue weighted by atomic mass is 9.80. The van der Waals surface area contributed by atoms with Crippen molar-refractivity contribution in [2.75, 3.05) is 0 Å². The molecule has 0 saturated heterocycles. The molecule has 0 fully saturated rings. The Bertz CT molecular complexity index is 1020. The van der Waals surface area contributed by atoms with Crippen molar-refractivity contribution in [3.63, 3.8) is 0 Å². The molecule has 0 amide bonds. The van der Waals surface area contributed by atoms with Crippen LogP contribution in [0.2, 0.25) is 0 Å². The van der Waals surface area contributed by atoms with E-state index in [4.69, 9.17) is 4.55 Å². The molecule has 0 aliphatic rings. The summed E-state index contributed by atoms with van der Waals surface area (Å²) in [6.45, 7) is 10.0. The molecule has 6 nitrogen and oxygen atoms in total. The minimum atomic E-state index is -7.11. The molecule has 0 unspecified atom stereocenters. The molecule has 180 valence electrons. The summed E-state index contributed by atoms with van der Waals surface area (Å²) in [4.78, 5) is 0. The minimum Gasteiger partial charge on any atom is -0.378 e. The maximum atomic E-state index is 14.0. The Morgan fingerprint density at radius 2 is 1.06 bits per heavy atom. The zero-order chi connectivity index (χ0) is 25.1. The standard InChI is InChI=1S/C17H22F6O6S2/c1-13(2,3)10-7-11(14(4,5)6)9-12(8-10)29-31(27,28)17(22,23)15(18,19)16(20,21)30(24,25)26/h7-9H,1-6H3,(H,24,25,26). The quantitative estimate of drug-likeness (QED) is 0.346. The van der Waals surface area contributed by atoms with Gasteiger partial charge in [0.1, 0.15) is 5.75 Å². The van der Waals surface area contributed by atoms with E-state index in [1.807, 2.05) is 0 Å². The van der Waals surface area contributed by atoms with Crippen molar-refractivity contribution in [1.29, 1.82) is 0 Å². The minimum absolute atomic E-state index is 0.350. The van der Waals surface area contributed by atoms with Crippen molar-refractivity contribution >= 4 is 20.2 Å². The third kappa shape index (κ3) is 4.95. The summed E-state index contributed by atoms with van der Waals surface area (Å²) in [5.74, 6) is -7.94. The van der Waals surface area contributed by atoms with Crippen molar-refractivity contribution < 1.29 is 51.9 Å². The molecule has 1 aromatic rings. The number of alkyl halides is 6. The van der Waals surface area contributed by atoms with Crippen LogP contribution in [0.1, 0.15) is 52.7 Å². The van der Waals surface area contributed by atoms with Gasteiger partial charge in [-0.2, -0.15) is 43.2 Å². The molecule has 0 heterocycles. The summed E-state index contributed by atoms with van der Waals surface area (Å²) in [5, 5.41) is -13.6. The van der Waals surface area contributed by atoms with E-state index in [1.165, 1.54) is 0 Å². The zero-order valence-corrected chi connectivity index (χ0v) is 18.9. The highest BCUT2D eigenvalue weighted by Crippen LogP contribution is 2.51. The van der Waals surface area contributed by atoms with Gasteiger partial charge in [0.25, 0.3) is 0 Å². The first kappa shape index (κ1) is 27.5. The summed E-state index contributed by atoms with van der Waals surface area (Å²) < 4.78 is 139. The first-order valence-electron chi connectivity index (χ1n) is 8.49. The molecule has 0 saturated carbocycles. The van der Waals surface area contributed by atoms with E-state index in [0.717, 1.165) is 12.1 Å². The fraction of sp³-hybridized carbons (Fsp3) is 0.647. The van der Waals surface area contributed by atoms with Crippen LogP contribution in [0.3, 0.4) is 0 Å². The molecular formula is C17H22F6O6S2. The van der Waals surface area contributed by atoms with Crippen molar-refractivity contribution in [3.8, 4) is 5.75 Å². The third-order valence-electron chi connectivity index (χ3n) is 4.21. The second-order valence-electron chi connectivity index (χ2n) is 8.87. The van der Waals surface area contributed by atoms with Crippen LogP contribution in [-0.4, -0.2) is 37.8 Å². The summed E-state index contributed by atoms with van der Waals surface area (Å²) in [5.41, 5.74) is -0.673. The van der Waals surface area contributed by atoms with E-state index < -0.39 is 53.2 Å². The van der Waals surface area contributed by atoms with Crippen LogP contribution in [-0.2, 0) is 31.1 Å². The molecule has 0 bridgehead atoms. The average molecular weight is 500 g/mol. The lowest BCUT2D eigenvalue weighted by molar-refractivity contribution is -0.247. The van der Waals surface area contributed by atoms with Gasteiger partial charge in [0, 0.05) is 0 Å². The van der Waals surface area contributed by atoms with Gasteiger partial charge < -0.3 is 4.18 Å². The highest BCUT2D eigenvalue weighted by molar-refractivity contribution is 7.88. The predicted octanol–water partition coefficient (Wildman–Crippen LogP) is 4.70. The van der Waals surface area contributed by atoms with Gasteiger partial charge in [-0.1, -0.05) is 47.6 Å². The second kappa shape index (κ2) is 7.51. The Morgan fingerprint density at radius 3 is 1.35 bits per heavy atom. The van der Waals surface area contributed by atoms with Crippen LogP contribution >= 0.6 is 0 Å². The molecule has 14 heteroatoms. The maximum Gasteiger partial charge on any atom is 0.450 e. The van der Waals surface area contributed by atoms with E-state index in [-0.39, 0.29) is 0 Å². The van der Waals surface area contributed by atoms with Crippen LogP contribution in [0.15, 0.2) is 18.2 Å². The van der Waals surface area contributed by atoms with Crippen molar-refractivity contribution in [3.05, 3.63) is 29.3 Å². The molecule has 1 rings (SSSR count). The maximum absolute atomic E-state index is 14.0. The third-order valence-corrected chi connectivity index (χ3v) is 6.41. The van der Waals surface area contributed by atoms with Gasteiger partial charge in [0.15, 0.2) is 0 Å². The number of hydrogen-bond donors (Lipinski definition) is 1. The van der Waals surface area contributed by atoms with Crippen LogP contribution in [0.4, 0.5) is 26.3 Å². The molecule has 1 N–H and O–H groups in total. The van der Waals surface area contributed by atoms with Crippen molar-refractivity contribution in [2.45, 2.75) is 68.8 Å². The Balaban J connectivity index is 3.65. The summed E-state index contributed by atoms with van der Waals surface area (Å²) >= 11 is 0. The lowest BCUT2D eigenvalue weighted by Crippen LogP contribution is -2.61. The molecule has 0 spiro atoms. The average Bonchev–Trinajstić information content (AvgIpc) is 2.50. The van der Waals surface area contributed by atoms with Gasteiger partial charge >= 0.3 is 36.7 Å². The van der Waals surface area contributed by atoms with E-state index in [9.17, 15) is 43.2 Å². The molecule has 31 heavy (non-hydrogen) atoms. The summed E-state index contributed by atoms with van der Waals surface area (Å²) in [6.07, 6.45) is 0. The largest absolute Gasteiger partial charge is 0.450 e. The smallest absolute Gasteiger partial charge is 0.378 e. The fourth-order valence-electron chi connectivity index (χ4n) is 2.18. The van der Waals surface area contributed by atoms with Gasteiger partial charge in [-0.25, -0.2) is 0 Å². The van der Waals surface area contributed by atoms with E-state index in [2.05, 4.69) is 4.18 Å². The first-order chi connectivity index (χ1) is 13.3. The number of hydrogen-bond acceptors (Lipinski definition) is 5. The monoisotopic (exact) mass is 500 g/mol. The van der Waals surface area contributed by atoms with Gasteiger partial charge in [0.2, 0.25) is 0 Å². The van der Waals surface area contributed by atoms with Crippen LogP contribution in [0.25, 0.3) is 0 Å². The predicted molar refractivity (Wildman–Crippen MR) is 99.8 cm³/mol. The number of benzene rings is 1. The SMILES string of the molecule is CC(C)(C)c1cc(OS(=O)(=O)C(F)(F)C(F)(F)C(F)(F)S(=O)(=O)O)cc(C(C)(C)C)c1. The van der Waals surface area contributed by atoms with Crippen molar-refractivity contribution in [1.82, 2.24) is 0 Å². The molecule has 0 aliphatic heterocycles. The Morgan fingerprint density at radius 1 is 0.710 bits per heavy atom. The molecule has 1 aromatic carbocycles. The topological polar surface area (TPSA) is 97.7 Å². The van der Waals surface area contributed by atoms with Crippen LogP contribution in [0.5, 0.6) is 5.75 Å². The molecule has 0 atom stereocenters. The van der Waals surface area contributed by atoms with Crippen LogP contribution < -0.4 is 4.18 Å². The first-order valence-corrected chi connectivity index (χ1v) is 11.3. The van der Waals surface area contributed by atoms with E-state index >= 15 is 0 Å². The van der Waals surface area contributed by atoms with E-state index in [1.54, 1.807) is 47.6 Å². The Labute approximate surface area is 176 Å². The normalized spacial score (nSPS) is 15.1. The molecule has 0 aromatic heterocycles. The zero-order valence-electron chi connectivity index (χ0n) is 17.3. The van der Waals surface area contributed by atoms with Gasteiger partial charge in [0.05, 0.1) is 0 Å².